The second-order valence-corrected chi connectivity index (χ2v) is 4.01. The molecule has 0 unspecified atom stereocenters. The van der Waals surface area contributed by atoms with Crippen LogP contribution in [0.5, 0.6) is 0 Å². The lowest BCUT2D eigenvalue weighted by atomic mass is 10.1. The zero-order valence-electron chi connectivity index (χ0n) is 9.83. The zero-order chi connectivity index (χ0) is 12.3. The summed E-state index contributed by atoms with van der Waals surface area (Å²) < 4.78 is 0. The Morgan fingerprint density at radius 1 is 1.41 bits per heavy atom. The van der Waals surface area contributed by atoms with E-state index in [1.54, 1.807) is 0 Å². The predicted octanol–water partition coefficient (Wildman–Crippen LogP) is 1.81. The highest BCUT2D eigenvalue weighted by molar-refractivity contribution is 5.58. The molecule has 0 aliphatic heterocycles. The Hall–Kier alpha value is -2.22. The number of benzene rings is 1. The SMILES string of the molecule is Cc1ccccc1-c1nnn(C[C@@H](C)C#N)n1. The molecule has 2 rings (SSSR count). The van der Waals surface area contributed by atoms with Crippen molar-refractivity contribution >= 4 is 0 Å². The van der Waals surface area contributed by atoms with Gasteiger partial charge in [-0.25, -0.2) is 0 Å². The van der Waals surface area contributed by atoms with E-state index in [1.165, 1.54) is 4.80 Å². The van der Waals surface area contributed by atoms with Gasteiger partial charge in [0.2, 0.25) is 5.82 Å². The minimum absolute atomic E-state index is 0.117. The molecule has 2 aromatic rings. The van der Waals surface area contributed by atoms with Crippen molar-refractivity contribution < 1.29 is 0 Å². The van der Waals surface area contributed by atoms with E-state index < -0.39 is 0 Å². The van der Waals surface area contributed by atoms with Gasteiger partial charge in [0.25, 0.3) is 0 Å². The summed E-state index contributed by atoms with van der Waals surface area (Å²) >= 11 is 0. The molecular formula is C12H13N5. The van der Waals surface area contributed by atoms with Crippen molar-refractivity contribution in [2.24, 2.45) is 5.92 Å². The van der Waals surface area contributed by atoms with E-state index in [-0.39, 0.29) is 5.92 Å². The van der Waals surface area contributed by atoms with Crippen LogP contribution in [0.25, 0.3) is 11.4 Å². The summed E-state index contributed by atoms with van der Waals surface area (Å²) in [5.74, 6) is 0.488. The first kappa shape index (κ1) is 11.3. The van der Waals surface area contributed by atoms with Crippen LogP contribution in [0.1, 0.15) is 12.5 Å². The molecule has 1 aromatic carbocycles. The molecule has 1 atom stereocenters. The number of rotatable bonds is 3. The Morgan fingerprint density at radius 2 is 2.18 bits per heavy atom. The van der Waals surface area contributed by atoms with Crippen LogP contribution in [0.3, 0.4) is 0 Å². The number of aryl methyl sites for hydroxylation is 1. The molecule has 1 aromatic heterocycles. The highest BCUT2D eigenvalue weighted by Gasteiger charge is 2.09. The molecule has 0 aliphatic rings. The molecule has 0 spiro atoms. The predicted molar refractivity (Wildman–Crippen MR) is 62.8 cm³/mol. The van der Waals surface area contributed by atoms with Gasteiger partial charge in [0, 0.05) is 5.56 Å². The Kier molecular flexibility index (Phi) is 3.15. The van der Waals surface area contributed by atoms with Crippen LogP contribution in [0.15, 0.2) is 24.3 Å². The van der Waals surface area contributed by atoms with Gasteiger partial charge in [-0.1, -0.05) is 24.3 Å². The maximum atomic E-state index is 8.72. The van der Waals surface area contributed by atoms with Gasteiger partial charge in [0.1, 0.15) is 0 Å². The average molecular weight is 227 g/mol. The highest BCUT2D eigenvalue weighted by atomic mass is 15.6. The number of hydrogen-bond acceptors (Lipinski definition) is 4. The maximum absolute atomic E-state index is 8.72. The van der Waals surface area contributed by atoms with E-state index in [4.69, 9.17) is 5.26 Å². The lowest BCUT2D eigenvalue weighted by molar-refractivity contribution is 0.463. The molecule has 86 valence electrons. The molecule has 0 amide bonds. The topological polar surface area (TPSA) is 67.4 Å². The Labute approximate surface area is 99.7 Å². The van der Waals surface area contributed by atoms with Crippen LogP contribution in [0, 0.1) is 24.2 Å². The first-order valence-electron chi connectivity index (χ1n) is 5.44. The monoisotopic (exact) mass is 227 g/mol. The minimum atomic E-state index is -0.117. The molecule has 5 heteroatoms. The second kappa shape index (κ2) is 4.74. The first-order valence-corrected chi connectivity index (χ1v) is 5.44. The van der Waals surface area contributed by atoms with E-state index in [0.717, 1.165) is 11.1 Å². The number of nitrogens with zero attached hydrogens (tertiary/aromatic N) is 5. The maximum Gasteiger partial charge on any atom is 0.205 e. The van der Waals surface area contributed by atoms with Crippen LogP contribution in [-0.4, -0.2) is 20.2 Å². The van der Waals surface area contributed by atoms with Crippen LogP contribution < -0.4 is 0 Å². The summed E-state index contributed by atoms with van der Waals surface area (Å²) in [7, 11) is 0. The summed E-state index contributed by atoms with van der Waals surface area (Å²) in [4.78, 5) is 1.47. The van der Waals surface area contributed by atoms with Gasteiger partial charge in [0.05, 0.1) is 18.5 Å². The Morgan fingerprint density at radius 3 is 2.88 bits per heavy atom. The summed E-state index contributed by atoms with van der Waals surface area (Å²) in [5.41, 5.74) is 2.09. The molecule has 1 heterocycles. The first-order chi connectivity index (χ1) is 8.20. The molecule has 5 nitrogen and oxygen atoms in total. The largest absolute Gasteiger partial charge is 0.205 e. The summed E-state index contributed by atoms with van der Waals surface area (Å²) in [6.07, 6.45) is 0. The van der Waals surface area contributed by atoms with Crippen molar-refractivity contribution in [1.29, 1.82) is 5.26 Å². The third-order valence-electron chi connectivity index (χ3n) is 2.50. The van der Waals surface area contributed by atoms with Crippen molar-refractivity contribution in [1.82, 2.24) is 20.2 Å². The van der Waals surface area contributed by atoms with Crippen molar-refractivity contribution in [3.8, 4) is 17.5 Å². The van der Waals surface area contributed by atoms with Gasteiger partial charge < -0.3 is 0 Å². The molecule has 0 bridgehead atoms. The number of nitriles is 1. The molecule has 0 radical (unpaired) electrons. The van der Waals surface area contributed by atoms with Gasteiger partial charge in [-0.15, -0.1) is 10.2 Å². The quantitative estimate of drug-likeness (QED) is 0.802. The van der Waals surface area contributed by atoms with Crippen molar-refractivity contribution in [3.05, 3.63) is 29.8 Å². The summed E-state index contributed by atoms with van der Waals surface area (Å²) in [6.45, 7) is 4.31. The van der Waals surface area contributed by atoms with Gasteiger partial charge in [-0.2, -0.15) is 10.1 Å². The normalized spacial score (nSPS) is 12.1. The van der Waals surface area contributed by atoms with Gasteiger partial charge in [0.15, 0.2) is 0 Å². The lowest BCUT2D eigenvalue weighted by Crippen LogP contribution is -2.09. The molecule has 17 heavy (non-hydrogen) atoms. The van der Waals surface area contributed by atoms with Crippen LogP contribution >= 0.6 is 0 Å². The zero-order valence-corrected chi connectivity index (χ0v) is 9.83. The Balaban J connectivity index is 2.25. The molecule has 0 saturated heterocycles. The van der Waals surface area contributed by atoms with E-state index in [2.05, 4.69) is 21.5 Å². The standard InChI is InChI=1S/C12H13N5/c1-9(7-13)8-17-15-12(14-16-17)11-6-4-3-5-10(11)2/h3-6,9H,8H2,1-2H3/t9-/m0/s1. The molecule has 0 aliphatic carbocycles. The number of tetrazole rings is 1. The van der Waals surface area contributed by atoms with Crippen molar-refractivity contribution in [2.75, 3.05) is 0 Å². The average Bonchev–Trinajstić information content (AvgIpc) is 2.78. The van der Waals surface area contributed by atoms with Gasteiger partial charge in [-0.3, -0.25) is 0 Å². The van der Waals surface area contributed by atoms with E-state index >= 15 is 0 Å². The summed E-state index contributed by atoms with van der Waals surface area (Å²) in [6, 6.07) is 10.0. The van der Waals surface area contributed by atoms with E-state index in [1.807, 2.05) is 38.1 Å². The van der Waals surface area contributed by atoms with E-state index in [9.17, 15) is 0 Å². The smallest absolute Gasteiger partial charge is 0.198 e. The number of hydrogen-bond donors (Lipinski definition) is 0. The van der Waals surface area contributed by atoms with Crippen molar-refractivity contribution in [3.63, 3.8) is 0 Å². The van der Waals surface area contributed by atoms with E-state index in [0.29, 0.717) is 12.4 Å². The molecular weight excluding hydrogens is 214 g/mol. The molecule has 0 fully saturated rings. The van der Waals surface area contributed by atoms with Crippen LogP contribution in [-0.2, 0) is 6.54 Å². The Bertz CT molecular complexity index is 552. The summed E-state index contributed by atoms with van der Waals surface area (Å²) in [5, 5.41) is 21.0. The van der Waals surface area contributed by atoms with Gasteiger partial charge >= 0.3 is 0 Å². The third-order valence-corrected chi connectivity index (χ3v) is 2.50. The fourth-order valence-electron chi connectivity index (χ4n) is 1.54. The fourth-order valence-corrected chi connectivity index (χ4v) is 1.54. The molecule has 0 saturated carbocycles. The lowest BCUT2D eigenvalue weighted by Gasteiger charge is -2.00. The fraction of sp³-hybridized carbons (Fsp3) is 0.333. The second-order valence-electron chi connectivity index (χ2n) is 4.01. The number of aromatic nitrogens is 4. The molecule has 0 N–H and O–H groups in total. The van der Waals surface area contributed by atoms with Crippen LogP contribution in [0.2, 0.25) is 0 Å². The third kappa shape index (κ3) is 2.48. The van der Waals surface area contributed by atoms with Crippen molar-refractivity contribution in [2.45, 2.75) is 20.4 Å². The minimum Gasteiger partial charge on any atom is -0.198 e. The highest BCUT2D eigenvalue weighted by Crippen LogP contribution is 2.17. The van der Waals surface area contributed by atoms with Crippen LogP contribution in [0.4, 0.5) is 0 Å². The van der Waals surface area contributed by atoms with Gasteiger partial charge in [-0.05, 0) is 24.6 Å².